The third-order valence-corrected chi connectivity index (χ3v) is 8.43. The van der Waals surface area contributed by atoms with Crippen LogP contribution in [0.15, 0.2) is 48.5 Å². The minimum atomic E-state index is -0.0492. The van der Waals surface area contributed by atoms with E-state index in [0.717, 1.165) is 43.7 Å². The molecule has 2 atom stereocenters. The van der Waals surface area contributed by atoms with E-state index in [1.807, 2.05) is 4.90 Å². The minimum Gasteiger partial charge on any atom is -0.331 e. The molecule has 0 aliphatic carbocycles. The summed E-state index contributed by atoms with van der Waals surface area (Å²) in [6.45, 7) is 5.08. The van der Waals surface area contributed by atoms with Crippen LogP contribution in [-0.2, 0) is 16.0 Å². The van der Waals surface area contributed by atoms with Gasteiger partial charge in [-0.05, 0) is 79.4 Å². The van der Waals surface area contributed by atoms with Crippen LogP contribution in [0.25, 0.3) is 0 Å². The van der Waals surface area contributed by atoms with Crippen molar-refractivity contribution in [2.45, 2.75) is 44.6 Å². The smallest absolute Gasteiger partial charge is 0.227 e. The minimum absolute atomic E-state index is 0.0492. The average Bonchev–Trinajstić information content (AvgIpc) is 3.30. The molecule has 5 aliphatic heterocycles. The maximum Gasteiger partial charge on any atom is 0.227 e. The van der Waals surface area contributed by atoms with Crippen molar-refractivity contribution in [2.75, 3.05) is 37.6 Å². The zero-order valence-corrected chi connectivity index (χ0v) is 19.3. The van der Waals surface area contributed by atoms with Crippen LogP contribution in [0.4, 0.5) is 5.69 Å². The first kappa shape index (κ1) is 20.9. The van der Waals surface area contributed by atoms with Crippen LogP contribution >= 0.6 is 0 Å². The van der Waals surface area contributed by atoms with Gasteiger partial charge >= 0.3 is 0 Å². The molecule has 0 aromatic heterocycles. The van der Waals surface area contributed by atoms with Crippen LogP contribution in [0.1, 0.15) is 54.8 Å². The fourth-order valence-corrected chi connectivity index (χ4v) is 6.61. The third kappa shape index (κ3) is 3.86. The Hall–Kier alpha value is -2.66. The summed E-state index contributed by atoms with van der Waals surface area (Å²) in [4.78, 5) is 32.4. The molecule has 5 heteroatoms. The van der Waals surface area contributed by atoms with Gasteiger partial charge in [-0.15, -0.1) is 0 Å². The molecule has 2 aromatic rings. The number of amides is 2. The second kappa shape index (κ2) is 8.60. The standard InChI is InChI=1S/C28H33N3O2/c32-26-6-3-14-30(26)24-9-7-22(8-10-24)28-25-5-2-1-4-21(25)13-17-31(28)27(33)18-23-19-29-15-11-20(23)12-16-29/h1-2,4-5,7-10,20,23,28H,3,6,11-19H2/t23-,28-/m1/s1. The summed E-state index contributed by atoms with van der Waals surface area (Å²) in [5.74, 6) is 1.72. The maximum absolute atomic E-state index is 13.7. The number of hydrogen-bond donors (Lipinski definition) is 0. The van der Waals surface area contributed by atoms with Crippen molar-refractivity contribution in [3.8, 4) is 0 Å². The lowest BCUT2D eigenvalue weighted by Crippen LogP contribution is -2.49. The van der Waals surface area contributed by atoms with Crippen LogP contribution in [-0.4, -0.2) is 54.3 Å². The van der Waals surface area contributed by atoms with E-state index in [4.69, 9.17) is 0 Å². The first-order valence-electron chi connectivity index (χ1n) is 12.7. The molecule has 33 heavy (non-hydrogen) atoms. The molecule has 4 fully saturated rings. The topological polar surface area (TPSA) is 43.9 Å². The van der Waals surface area contributed by atoms with Gasteiger partial charge in [-0.2, -0.15) is 0 Å². The van der Waals surface area contributed by atoms with Gasteiger partial charge in [-0.25, -0.2) is 0 Å². The molecule has 2 amide bonds. The Morgan fingerprint density at radius 3 is 2.39 bits per heavy atom. The lowest BCUT2D eigenvalue weighted by Gasteiger charge is -2.46. The van der Waals surface area contributed by atoms with Crippen molar-refractivity contribution in [1.82, 2.24) is 9.80 Å². The highest BCUT2D eigenvalue weighted by molar-refractivity contribution is 5.95. The van der Waals surface area contributed by atoms with E-state index in [1.165, 1.54) is 37.1 Å². The van der Waals surface area contributed by atoms with Crippen LogP contribution in [0.3, 0.4) is 0 Å². The monoisotopic (exact) mass is 443 g/mol. The van der Waals surface area contributed by atoms with Gasteiger partial charge in [-0.1, -0.05) is 36.4 Å². The highest BCUT2D eigenvalue weighted by atomic mass is 16.2. The van der Waals surface area contributed by atoms with Crippen LogP contribution in [0, 0.1) is 11.8 Å². The Labute approximate surface area is 196 Å². The summed E-state index contributed by atoms with van der Waals surface area (Å²) < 4.78 is 0. The molecule has 0 saturated carbocycles. The van der Waals surface area contributed by atoms with E-state index in [-0.39, 0.29) is 11.9 Å². The van der Waals surface area contributed by atoms with Crippen LogP contribution < -0.4 is 4.90 Å². The van der Waals surface area contributed by atoms with Crippen LogP contribution in [0.2, 0.25) is 0 Å². The second-order valence-corrected chi connectivity index (χ2v) is 10.3. The highest BCUT2D eigenvalue weighted by Gasteiger charge is 2.38. The highest BCUT2D eigenvalue weighted by Crippen LogP contribution is 2.39. The molecular weight excluding hydrogens is 410 g/mol. The van der Waals surface area contributed by atoms with E-state index >= 15 is 0 Å². The number of fused-ring (bicyclic) bond motifs is 4. The molecule has 0 unspecified atom stereocenters. The first-order valence-corrected chi connectivity index (χ1v) is 12.7. The number of benzene rings is 2. The molecule has 0 radical (unpaired) electrons. The Kier molecular flexibility index (Phi) is 5.45. The van der Waals surface area contributed by atoms with Gasteiger partial charge in [-0.3, -0.25) is 9.59 Å². The molecule has 7 rings (SSSR count). The van der Waals surface area contributed by atoms with Gasteiger partial charge in [0, 0.05) is 38.2 Å². The summed E-state index contributed by atoms with van der Waals surface area (Å²) in [5.41, 5.74) is 4.69. The summed E-state index contributed by atoms with van der Waals surface area (Å²) in [7, 11) is 0. The average molecular weight is 444 g/mol. The molecule has 0 N–H and O–H groups in total. The number of hydrogen-bond acceptors (Lipinski definition) is 3. The molecule has 172 valence electrons. The summed E-state index contributed by atoms with van der Waals surface area (Å²) in [6.07, 6.45) is 5.65. The number of carbonyl (C=O) groups is 2. The lowest BCUT2D eigenvalue weighted by atomic mass is 9.77. The second-order valence-electron chi connectivity index (χ2n) is 10.3. The summed E-state index contributed by atoms with van der Waals surface area (Å²) in [5, 5.41) is 0. The molecule has 2 bridgehead atoms. The van der Waals surface area contributed by atoms with Crippen molar-refractivity contribution >= 4 is 17.5 Å². The van der Waals surface area contributed by atoms with Crippen molar-refractivity contribution in [2.24, 2.45) is 11.8 Å². The zero-order chi connectivity index (χ0) is 22.4. The summed E-state index contributed by atoms with van der Waals surface area (Å²) in [6, 6.07) is 16.9. The zero-order valence-electron chi connectivity index (χ0n) is 19.3. The molecule has 4 saturated heterocycles. The van der Waals surface area contributed by atoms with Gasteiger partial charge in [0.05, 0.1) is 6.04 Å². The fraction of sp³-hybridized carbons (Fsp3) is 0.500. The Balaban J connectivity index is 1.28. The Morgan fingerprint density at radius 1 is 0.909 bits per heavy atom. The molecule has 5 nitrogen and oxygen atoms in total. The molecule has 2 aromatic carbocycles. The number of piperidine rings is 3. The molecule has 5 heterocycles. The normalized spacial score (nSPS) is 28.8. The maximum atomic E-state index is 13.7. The largest absolute Gasteiger partial charge is 0.331 e. The summed E-state index contributed by atoms with van der Waals surface area (Å²) >= 11 is 0. The predicted octanol–water partition coefficient (Wildman–Crippen LogP) is 4.02. The van der Waals surface area contributed by atoms with Gasteiger partial charge in [0.1, 0.15) is 0 Å². The third-order valence-electron chi connectivity index (χ3n) is 8.43. The van der Waals surface area contributed by atoms with E-state index < -0.39 is 0 Å². The molecule has 0 spiro atoms. The Bertz CT molecular complexity index is 1040. The first-order chi connectivity index (χ1) is 16.2. The van der Waals surface area contributed by atoms with Gasteiger partial charge in [0.2, 0.25) is 11.8 Å². The van der Waals surface area contributed by atoms with Crippen molar-refractivity contribution < 1.29 is 9.59 Å². The van der Waals surface area contributed by atoms with E-state index in [0.29, 0.717) is 30.6 Å². The van der Waals surface area contributed by atoms with E-state index in [2.05, 4.69) is 58.3 Å². The van der Waals surface area contributed by atoms with Crippen molar-refractivity contribution in [3.05, 3.63) is 65.2 Å². The SMILES string of the molecule is O=C1CCCN1c1ccc([C@@H]2c3ccccc3CCN2C(=O)C[C@@H]2CN3CCC2CC3)cc1. The van der Waals surface area contributed by atoms with E-state index in [9.17, 15) is 9.59 Å². The van der Waals surface area contributed by atoms with Gasteiger partial charge in [0.15, 0.2) is 0 Å². The number of carbonyl (C=O) groups excluding carboxylic acids is 2. The molecule has 5 aliphatic rings. The van der Waals surface area contributed by atoms with Crippen LogP contribution in [0.5, 0.6) is 0 Å². The number of rotatable bonds is 4. The lowest BCUT2D eigenvalue weighted by molar-refractivity contribution is -0.136. The quantitative estimate of drug-likeness (QED) is 0.717. The van der Waals surface area contributed by atoms with E-state index in [1.54, 1.807) is 0 Å². The van der Waals surface area contributed by atoms with Crippen molar-refractivity contribution in [3.63, 3.8) is 0 Å². The number of anilines is 1. The number of nitrogens with zero attached hydrogens (tertiary/aromatic N) is 3. The van der Waals surface area contributed by atoms with Gasteiger partial charge in [0.25, 0.3) is 0 Å². The van der Waals surface area contributed by atoms with Gasteiger partial charge < -0.3 is 14.7 Å². The van der Waals surface area contributed by atoms with Crippen molar-refractivity contribution in [1.29, 1.82) is 0 Å². The Morgan fingerprint density at radius 2 is 1.70 bits per heavy atom. The molecular formula is C28H33N3O2. The predicted molar refractivity (Wildman–Crippen MR) is 129 cm³/mol. The fourth-order valence-electron chi connectivity index (χ4n) is 6.61.